The molecule has 0 bridgehead atoms. The van der Waals surface area contributed by atoms with Gasteiger partial charge < -0.3 is 15.5 Å². The number of rotatable bonds is 5. The first-order valence-corrected chi connectivity index (χ1v) is 7.02. The number of phenolic OH excluding ortho intramolecular Hbond substituents is 1. The van der Waals surface area contributed by atoms with Crippen LogP contribution in [0.3, 0.4) is 0 Å². The molecule has 118 valence electrons. The maximum absolute atomic E-state index is 13.5. The Morgan fingerprint density at radius 1 is 1.09 bits per heavy atom. The number of halogens is 2. The standard InChI is InChI=1S/C17H19F2NO2/c1-10-6-12(15(21)7-11(10)2)8-20-9-16(22)17-13(18)4-3-5-14(17)19/h3-7,16,20-22H,8-9H2,1-2H3. The highest BCUT2D eigenvalue weighted by atomic mass is 19.1. The molecule has 5 heteroatoms. The minimum Gasteiger partial charge on any atom is -0.508 e. The Labute approximate surface area is 128 Å². The molecule has 3 N–H and O–H groups in total. The number of hydrogen-bond donors (Lipinski definition) is 3. The lowest BCUT2D eigenvalue weighted by molar-refractivity contribution is 0.164. The quantitative estimate of drug-likeness (QED) is 0.795. The predicted octanol–water partition coefficient (Wildman–Crippen LogP) is 3.11. The molecule has 0 saturated carbocycles. The van der Waals surface area contributed by atoms with E-state index in [2.05, 4.69) is 5.32 Å². The summed E-state index contributed by atoms with van der Waals surface area (Å²) >= 11 is 0. The number of aromatic hydroxyl groups is 1. The summed E-state index contributed by atoms with van der Waals surface area (Å²) in [4.78, 5) is 0. The van der Waals surface area contributed by atoms with E-state index >= 15 is 0 Å². The van der Waals surface area contributed by atoms with Crippen molar-refractivity contribution in [3.8, 4) is 5.75 Å². The fourth-order valence-corrected chi connectivity index (χ4v) is 2.28. The zero-order valence-corrected chi connectivity index (χ0v) is 12.5. The maximum Gasteiger partial charge on any atom is 0.131 e. The second-order valence-corrected chi connectivity index (χ2v) is 5.35. The van der Waals surface area contributed by atoms with Crippen molar-refractivity contribution < 1.29 is 19.0 Å². The van der Waals surface area contributed by atoms with Crippen LogP contribution in [0.5, 0.6) is 5.75 Å². The minimum absolute atomic E-state index is 0.0236. The van der Waals surface area contributed by atoms with Crippen molar-refractivity contribution in [3.05, 3.63) is 64.2 Å². The van der Waals surface area contributed by atoms with Crippen molar-refractivity contribution in [2.75, 3.05) is 6.54 Å². The molecule has 0 heterocycles. The smallest absolute Gasteiger partial charge is 0.131 e. The van der Waals surface area contributed by atoms with E-state index in [9.17, 15) is 19.0 Å². The van der Waals surface area contributed by atoms with Gasteiger partial charge in [0, 0.05) is 18.7 Å². The third kappa shape index (κ3) is 3.61. The van der Waals surface area contributed by atoms with Gasteiger partial charge in [-0.05, 0) is 43.2 Å². The van der Waals surface area contributed by atoms with Gasteiger partial charge in [-0.2, -0.15) is 0 Å². The number of aryl methyl sites for hydroxylation is 2. The second kappa shape index (κ2) is 6.85. The number of hydrogen-bond acceptors (Lipinski definition) is 3. The molecule has 2 rings (SSSR count). The molecule has 2 aromatic rings. The van der Waals surface area contributed by atoms with Gasteiger partial charge >= 0.3 is 0 Å². The summed E-state index contributed by atoms with van der Waals surface area (Å²) in [5, 5.41) is 22.7. The van der Waals surface area contributed by atoms with E-state index in [1.165, 1.54) is 6.07 Å². The number of aliphatic hydroxyl groups is 1. The molecule has 0 aliphatic heterocycles. The molecule has 2 aromatic carbocycles. The van der Waals surface area contributed by atoms with Crippen LogP contribution < -0.4 is 5.32 Å². The summed E-state index contributed by atoms with van der Waals surface area (Å²) in [6.45, 7) is 4.10. The number of phenols is 1. The van der Waals surface area contributed by atoms with Crippen molar-refractivity contribution in [1.29, 1.82) is 0 Å². The first kappa shape index (κ1) is 16.4. The fraction of sp³-hybridized carbons (Fsp3) is 0.294. The molecule has 0 aliphatic carbocycles. The van der Waals surface area contributed by atoms with E-state index in [0.717, 1.165) is 23.3 Å². The average molecular weight is 307 g/mol. The van der Waals surface area contributed by atoms with Crippen LogP contribution in [0.1, 0.15) is 28.4 Å². The van der Waals surface area contributed by atoms with Gasteiger partial charge in [-0.1, -0.05) is 12.1 Å². The minimum atomic E-state index is -1.30. The topological polar surface area (TPSA) is 52.5 Å². The van der Waals surface area contributed by atoms with Crippen LogP contribution in [0.4, 0.5) is 8.78 Å². The van der Waals surface area contributed by atoms with Crippen molar-refractivity contribution in [1.82, 2.24) is 5.32 Å². The number of nitrogens with one attached hydrogen (secondary N) is 1. The monoisotopic (exact) mass is 307 g/mol. The summed E-state index contributed by atoms with van der Waals surface area (Å²) in [6.07, 6.45) is -1.30. The summed E-state index contributed by atoms with van der Waals surface area (Å²) in [5.41, 5.74) is 2.34. The molecule has 0 fully saturated rings. The summed E-state index contributed by atoms with van der Waals surface area (Å²) in [5.74, 6) is -1.39. The molecule has 1 unspecified atom stereocenters. The highest BCUT2D eigenvalue weighted by Gasteiger charge is 2.17. The SMILES string of the molecule is Cc1cc(O)c(CNCC(O)c2c(F)cccc2F)cc1C. The van der Waals surface area contributed by atoms with Crippen molar-refractivity contribution >= 4 is 0 Å². The Hall–Kier alpha value is -1.98. The van der Waals surface area contributed by atoms with Gasteiger partial charge in [0.1, 0.15) is 17.4 Å². The number of benzene rings is 2. The van der Waals surface area contributed by atoms with Crippen molar-refractivity contribution in [2.45, 2.75) is 26.5 Å². The van der Waals surface area contributed by atoms with Crippen LogP contribution in [0.2, 0.25) is 0 Å². The molecule has 0 saturated heterocycles. The Morgan fingerprint density at radius 3 is 2.32 bits per heavy atom. The Kier molecular flexibility index (Phi) is 5.11. The molecule has 0 spiro atoms. The molecule has 22 heavy (non-hydrogen) atoms. The fourth-order valence-electron chi connectivity index (χ4n) is 2.28. The van der Waals surface area contributed by atoms with E-state index in [1.54, 1.807) is 6.07 Å². The predicted molar refractivity (Wildman–Crippen MR) is 80.6 cm³/mol. The van der Waals surface area contributed by atoms with E-state index in [1.807, 2.05) is 19.9 Å². The lowest BCUT2D eigenvalue weighted by Gasteiger charge is -2.15. The largest absolute Gasteiger partial charge is 0.508 e. The van der Waals surface area contributed by atoms with Crippen LogP contribution in [-0.4, -0.2) is 16.8 Å². The van der Waals surface area contributed by atoms with Crippen LogP contribution in [-0.2, 0) is 6.54 Å². The molecule has 1 atom stereocenters. The van der Waals surface area contributed by atoms with Crippen LogP contribution >= 0.6 is 0 Å². The Balaban J connectivity index is 2.01. The molecule has 0 radical (unpaired) electrons. The highest BCUT2D eigenvalue weighted by Crippen LogP contribution is 2.23. The van der Waals surface area contributed by atoms with Crippen molar-refractivity contribution in [3.63, 3.8) is 0 Å². The molecule has 3 nitrogen and oxygen atoms in total. The lowest BCUT2D eigenvalue weighted by atomic mass is 10.0. The first-order valence-electron chi connectivity index (χ1n) is 7.02. The molecular weight excluding hydrogens is 288 g/mol. The summed E-state index contributed by atoms with van der Waals surface area (Å²) in [6, 6.07) is 6.97. The summed E-state index contributed by atoms with van der Waals surface area (Å²) < 4.78 is 27.1. The van der Waals surface area contributed by atoms with Gasteiger partial charge in [0.25, 0.3) is 0 Å². The van der Waals surface area contributed by atoms with E-state index in [0.29, 0.717) is 12.1 Å². The maximum atomic E-state index is 13.5. The van der Waals surface area contributed by atoms with Crippen LogP contribution in [0.15, 0.2) is 30.3 Å². The zero-order chi connectivity index (χ0) is 16.3. The third-order valence-corrected chi connectivity index (χ3v) is 3.68. The highest BCUT2D eigenvalue weighted by molar-refractivity contribution is 5.40. The lowest BCUT2D eigenvalue weighted by Crippen LogP contribution is -2.22. The third-order valence-electron chi connectivity index (χ3n) is 3.68. The van der Waals surface area contributed by atoms with Crippen LogP contribution in [0, 0.1) is 25.5 Å². The Morgan fingerprint density at radius 2 is 1.68 bits per heavy atom. The van der Waals surface area contributed by atoms with Gasteiger partial charge in [0.05, 0.1) is 11.7 Å². The van der Waals surface area contributed by atoms with Gasteiger partial charge in [-0.3, -0.25) is 0 Å². The average Bonchev–Trinajstić information content (AvgIpc) is 2.44. The molecular formula is C17H19F2NO2. The Bertz CT molecular complexity index is 654. The van der Waals surface area contributed by atoms with Gasteiger partial charge in [-0.25, -0.2) is 8.78 Å². The van der Waals surface area contributed by atoms with Crippen molar-refractivity contribution in [2.24, 2.45) is 0 Å². The molecule has 0 aliphatic rings. The summed E-state index contributed by atoms with van der Waals surface area (Å²) in [7, 11) is 0. The van der Waals surface area contributed by atoms with E-state index < -0.39 is 17.7 Å². The van der Waals surface area contributed by atoms with E-state index in [-0.39, 0.29) is 17.9 Å². The second-order valence-electron chi connectivity index (χ2n) is 5.35. The molecule has 0 aromatic heterocycles. The molecule has 0 amide bonds. The normalized spacial score (nSPS) is 12.4. The van der Waals surface area contributed by atoms with E-state index in [4.69, 9.17) is 0 Å². The number of aliphatic hydroxyl groups excluding tert-OH is 1. The van der Waals surface area contributed by atoms with Gasteiger partial charge in [0.15, 0.2) is 0 Å². The van der Waals surface area contributed by atoms with Gasteiger partial charge in [0.2, 0.25) is 0 Å². The van der Waals surface area contributed by atoms with Crippen LogP contribution in [0.25, 0.3) is 0 Å². The first-order chi connectivity index (χ1) is 10.4. The zero-order valence-electron chi connectivity index (χ0n) is 12.5. The van der Waals surface area contributed by atoms with Gasteiger partial charge in [-0.15, -0.1) is 0 Å².